The highest BCUT2D eigenvalue weighted by Gasteiger charge is 2.02. The molecule has 0 aliphatic heterocycles. The Labute approximate surface area is 97.5 Å². The van der Waals surface area contributed by atoms with E-state index in [1.807, 2.05) is 0 Å². The molecule has 2 aromatic rings. The highest BCUT2D eigenvalue weighted by molar-refractivity contribution is 5.34. The SMILES string of the molecule is Cc1nccc(NCc2ccc(F)c(F)c2)n1. The van der Waals surface area contributed by atoms with Gasteiger partial charge in [0.1, 0.15) is 11.6 Å². The molecule has 0 unspecified atom stereocenters. The molecule has 1 N–H and O–H groups in total. The largest absolute Gasteiger partial charge is 0.366 e. The number of hydrogen-bond acceptors (Lipinski definition) is 3. The Morgan fingerprint density at radius 2 is 2.00 bits per heavy atom. The second kappa shape index (κ2) is 4.86. The quantitative estimate of drug-likeness (QED) is 0.888. The van der Waals surface area contributed by atoms with E-state index in [4.69, 9.17) is 0 Å². The van der Waals surface area contributed by atoms with Gasteiger partial charge in [0.25, 0.3) is 0 Å². The van der Waals surface area contributed by atoms with Crippen LogP contribution in [0, 0.1) is 18.6 Å². The summed E-state index contributed by atoms with van der Waals surface area (Å²) in [7, 11) is 0. The molecule has 0 saturated carbocycles. The summed E-state index contributed by atoms with van der Waals surface area (Å²) >= 11 is 0. The van der Waals surface area contributed by atoms with Crippen molar-refractivity contribution < 1.29 is 8.78 Å². The first-order valence-corrected chi connectivity index (χ1v) is 5.12. The van der Waals surface area contributed by atoms with Gasteiger partial charge in [-0.1, -0.05) is 6.07 Å². The molecule has 0 atom stereocenters. The number of nitrogens with one attached hydrogen (secondary N) is 1. The third-order valence-electron chi connectivity index (χ3n) is 2.23. The van der Waals surface area contributed by atoms with Gasteiger partial charge in [0.15, 0.2) is 11.6 Å². The zero-order valence-corrected chi connectivity index (χ0v) is 9.24. The maximum absolute atomic E-state index is 12.9. The van der Waals surface area contributed by atoms with Crippen molar-refractivity contribution in [3.63, 3.8) is 0 Å². The first-order valence-electron chi connectivity index (χ1n) is 5.12. The van der Waals surface area contributed by atoms with E-state index in [-0.39, 0.29) is 0 Å². The van der Waals surface area contributed by atoms with E-state index in [1.54, 1.807) is 19.2 Å². The molecular weight excluding hydrogens is 224 g/mol. The molecule has 0 bridgehead atoms. The fourth-order valence-corrected chi connectivity index (χ4v) is 1.40. The highest BCUT2D eigenvalue weighted by Crippen LogP contribution is 2.10. The van der Waals surface area contributed by atoms with Crippen LogP contribution in [0.4, 0.5) is 14.6 Å². The number of anilines is 1. The van der Waals surface area contributed by atoms with Gasteiger partial charge >= 0.3 is 0 Å². The van der Waals surface area contributed by atoms with E-state index >= 15 is 0 Å². The minimum atomic E-state index is -0.844. The Bertz CT molecular complexity index is 529. The number of aromatic nitrogens is 2. The summed E-state index contributed by atoms with van der Waals surface area (Å²) < 4.78 is 25.6. The molecule has 1 aromatic carbocycles. The topological polar surface area (TPSA) is 37.8 Å². The van der Waals surface area contributed by atoms with E-state index in [0.717, 1.165) is 12.1 Å². The predicted molar refractivity (Wildman–Crippen MR) is 60.5 cm³/mol. The lowest BCUT2D eigenvalue weighted by atomic mass is 10.2. The van der Waals surface area contributed by atoms with Crippen LogP contribution in [0.25, 0.3) is 0 Å². The third-order valence-corrected chi connectivity index (χ3v) is 2.23. The second-order valence-electron chi connectivity index (χ2n) is 3.59. The van der Waals surface area contributed by atoms with Crippen LogP contribution < -0.4 is 5.32 Å². The normalized spacial score (nSPS) is 10.3. The molecule has 88 valence electrons. The summed E-state index contributed by atoms with van der Waals surface area (Å²) in [5.41, 5.74) is 0.653. The third kappa shape index (κ3) is 2.96. The monoisotopic (exact) mass is 235 g/mol. The number of halogens is 2. The molecule has 0 amide bonds. The van der Waals surface area contributed by atoms with Crippen LogP contribution in [0.15, 0.2) is 30.5 Å². The number of nitrogens with zero attached hydrogens (tertiary/aromatic N) is 2. The van der Waals surface area contributed by atoms with E-state index in [1.165, 1.54) is 6.07 Å². The maximum Gasteiger partial charge on any atom is 0.159 e. The zero-order chi connectivity index (χ0) is 12.3. The highest BCUT2D eigenvalue weighted by atomic mass is 19.2. The first kappa shape index (κ1) is 11.4. The van der Waals surface area contributed by atoms with Gasteiger partial charge < -0.3 is 5.32 Å². The standard InChI is InChI=1S/C12H11F2N3/c1-8-15-5-4-12(17-8)16-7-9-2-3-10(13)11(14)6-9/h2-6H,7H2,1H3,(H,15,16,17). The molecule has 0 fully saturated rings. The minimum absolute atomic E-state index is 0.383. The van der Waals surface area contributed by atoms with Gasteiger partial charge in [0, 0.05) is 12.7 Å². The Kier molecular flexibility index (Phi) is 3.27. The van der Waals surface area contributed by atoms with E-state index in [0.29, 0.717) is 23.8 Å². The van der Waals surface area contributed by atoms with Crippen LogP contribution in [0.3, 0.4) is 0 Å². The van der Waals surface area contributed by atoms with Crippen molar-refractivity contribution >= 4 is 5.82 Å². The Balaban J connectivity index is 2.05. The molecule has 0 radical (unpaired) electrons. The van der Waals surface area contributed by atoms with Gasteiger partial charge in [-0.15, -0.1) is 0 Å². The molecule has 1 aromatic heterocycles. The van der Waals surface area contributed by atoms with E-state index in [2.05, 4.69) is 15.3 Å². The molecule has 17 heavy (non-hydrogen) atoms. The number of benzene rings is 1. The summed E-state index contributed by atoms with van der Waals surface area (Å²) in [4.78, 5) is 8.10. The lowest BCUT2D eigenvalue weighted by molar-refractivity contribution is 0.507. The zero-order valence-electron chi connectivity index (χ0n) is 9.24. The van der Waals surface area contributed by atoms with E-state index < -0.39 is 11.6 Å². The Morgan fingerprint density at radius 1 is 1.18 bits per heavy atom. The average molecular weight is 235 g/mol. The molecule has 0 aliphatic rings. The van der Waals surface area contributed by atoms with Gasteiger partial charge in [0.2, 0.25) is 0 Å². The molecule has 5 heteroatoms. The van der Waals surface area contributed by atoms with Gasteiger partial charge in [-0.25, -0.2) is 18.7 Å². The number of hydrogen-bond donors (Lipinski definition) is 1. The van der Waals surface area contributed by atoms with Crippen molar-refractivity contribution in [3.05, 3.63) is 53.5 Å². The van der Waals surface area contributed by atoms with Crippen molar-refractivity contribution in [2.24, 2.45) is 0 Å². The van der Waals surface area contributed by atoms with Crippen LogP contribution in [-0.4, -0.2) is 9.97 Å². The molecule has 0 saturated heterocycles. The van der Waals surface area contributed by atoms with Crippen LogP contribution in [0.5, 0.6) is 0 Å². The average Bonchev–Trinajstić information content (AvgIpc) is 2.31. The first-order chi connectivity index (χ1) is 8.15. The maximum atomic E-state index is 12.9. The van der Waals surface area contributed by atoms with Gasteiger partial charge in [-0.05, 0) is 30.7 Å². The van der Waals surface area contributed by atoms with Crippen molar-refractivity contribution in [2.45, 2.75) is 13.5 Å². The minimum Gasteiger partial charge on any atom is -0.366 e. The smallest absolute Gasteiger partial charge is 0.159 e. The molecule has 2 rings (SSSR count). The van der Waals surface area contributed by atoms with Crippen LogP contribution >= 0.6 is 0 Å². The molecule has 0 aliphatic carbocycles. The van der Waals surface area contributed by atoms with Crippen molar-refractivity contribution in [1.29, 1.82) is 0 Å². The lowest BCUT2D eigenvalue weighted by Gasteiger charge is -2.06. The summed E-state index contributed by atoms with van der Waals surface area (Å²) in [6.07, 6.45) is 1.63. The molecule has 0 spiro atoms. The molecule has 1 heterocycles. The van der Waals surface area contributed by atoms with Crippen LogP contribution in [0.1, 0.15) is 11.4 Å². The lowest BCUT2D eigenvalue weighted by Crippen LogP contribution is -2.03. The van der Waals surface area contributed by atoms with Crippen LogP contribution in [0.2, 0.25) is 0 Å². The van der Waals surface area contributed by atoms with Crippen molar-refractivity contribution in [1.82, 2.24) is 9.97 Å². The van der Waals surface area contributed by atoms with Crippen molar-refractivity contribution in [3.8, 4) is 0 Å². The summed E-state index contributed by atoms with van der Waals surface area (Å²) in [5.74, 6) is -0.377. The number of rotatable bonds is 3. The summed E-state index contributed by atoms with van der Waals surface area (Å²) in [6, 6.07) is 5.51. The van der Waals surface area contributed by atoms with Gasteiger partial charge in [-0.2, -0.15) is 0 Å². The second-order valence-corrected chi connectivity index (χ2v) is 3.59. The fourth-order valence-electron chi connectivity index (χ4n) is 1.40. The van der Waals surface area contributed by atoms with Gasteiger partial charge in [0.05, 0.1) is 0 Å². The Hall–Kier alpha value is -2.04. The molecular formula is C12H11F2N3. The van der Waals surface area contributed by atoms with Crippen molar-refractivity contribution in [2.75, 3.05) is 5.32 Å². The summed E-state index contributed by atoms with van der Waals surface area (Å²) in [6.45, 7) is 2.16. The van der Waals surface area contributed by atoms with E-state index in [9.17, 15) is 8.78 Å². The number of aryl methyl sites for hydroxylation is 1. The van der Waals surface area contributed by atoms with Gasteiger partial charge in [-0.3, -0.25) is 0 Å². The molecule has 3 nitrogen and oxygen atoms in total. The summed E-state index contributed by atoms with van der Waals surface area (Å²) in [5, 5.41) is 3.01. The fraction of sp³-hybridized carbons (Fsp3) is 0.167. The predicted octanol–water partition coefficient (Wildman–Crippen LogP) is 2.68. The van der Waals surface area contributed by atoms with Crippen LogP contribution in [-0.2, 0) is 6.54 Å². The Morgan fingerprint density at radius 3 is 2.71 bits per heavy atom.